The minimum Gasteiger partial charge on any atom is -0.454 e. The van der Waals surface area contributed by atoms with Gasteiger partial charge in [0, 0.05) is 4.88 Å². The number of carbonyl (C=O) groups excluding carboxylic acids is 1. The summed E-state index contributed by atoms with van der Waals surface area (Å²) in [6.07, 6.45) is 3.02. The van der Waals surface area contributed by atoms with Crippen LogP contribution in [-0.4, -0.2) is 21.0 Å². The van der Waals surface area contributed by atoms with Gasteiger partial charge in [0.25, 0.3) is 5.56 Å². The van der Waals surface area contributed by atoms with Crippen molar-refractivity contribution in [2.45, 2.75) is 32.5 Å². The average Bonchev–Trinajstić information content (AvgIpc) is 3.20. The van der Waals surface area contributed by atoms with Crippen LogP contribution in [0.3, 0.4) is 0 Å². The Morgan fingerprint density at radius 1 is 1.28 bits per heavy atom. The molecular weight excluding hydrogens is 340 g/mol. The molecule has 0 aliphatic heterocycles. The number of aromatic nitrogens is 2. The molecular formula is C18H16N2O4S. The van der Waals surface area contributed by atoms with Crippen LogP contribution in [0.25, 0.3) is 10.2 Å². The number of esters is 1. The number of fused-ring (bicyclic) bond motifs is 3. The monoisotopic (exact) mass is 356 g/mol. The van der Waals surface area contributed by atoms with Crippen molar-refractivity contribution in [1.29, 1.82) is 0 Å². The lowest BCUT2D eigenvalue weighted by Gasteiger charge is -2.05. The number of hydrogen-bond acceptors (Lipinski definition) is 6. The lowest BCUT2D eigenvalue weighted by molar-refractivity contribution is 0.0462. The zero-order valence-corrected chi connectivity index (χ0v) is 14.2. The zero-order chi connectivity index (χ0) is 17.4. The number of aromatic amines is 1. The van der Waals surface area contributed by atoms with Gasteiger partial charge in [-0.3, -0.25) is 4.79 Å². The summed E-state index contributed by atoms with van der Waals surface area (Å²) in [7, 11) is 0. The van der Waals surface area contributed by atoms with Gasteiger partial charge in [-0.15, -0.1) is 11.3 Å². The second-order valence-corrected chi connectivity index (χ2v) is 7.06. The average molecular weight is 356 g/mol. The van der Waals surface area contributed by atoms with E-state index in [1.54, 1.807) is 35.6 Å². The second kappa shape index (κ2) is 6.42. The maximum atomic E-state index is 12.4. The van der Waals surface area contributed by atoms with Crippen LogP contribution in [-0.2, 0) is 30.8 Å². The van der Waals surface area contributed by atoms with E-state index in [0.717, 1.165) is 30.4 Å². The fraction of sp³-hybridized carbons (Fsp3) is 0.278. The summed E-state index contributed by atoms with van der Waals surface area (Å²) in [6.45, 7) is -0.167. The van der Waals surface area contributed by atoms with E-state index in [1.807, 2.05) is 0 Å². The van der Waals surface area contributed by atoms with Crippen LogP contribution in [0.1, 0.15) is 38.6 Å². The number of ether oxygens (including phenoxy) is 1. The maximum absolute atomic E-state index is 12.4. The molecule has 7 heteroatoms. The molecule has 0 radical (unpaired) electrons. The first-order chi connectivity index (χ1) is 12.2. The van der Waals surface area contributed by atoms with Crippen LogP contribution in [0, 0.1) is 0 Å². The van der Waals surface area contributed by atoms with E-state index in [4.69, 9.17) is 9.84 Å². The highest BCUT2D eigenvalue weighted by Crippen LogP contribution is 2.34. The van der Waals surface area contributed by atoms with Crippen molar-refractivity contribution in [3.63, 3.8) is 0 Å². The third kappa shape index (κ3) is 2.96. The summed E-state index contributed by atoms with van der Waals surface area (Å²) in [5.41, 5.74) is 2.07. The molecule has 3 aromatic rings. The molecule has 2 heterocycles. The standard InChI is InChI=1S/C18H16N2O4S/c21-8-10-4-6-11(7-5-10)18(23)24-9-14-19-16(22)15-12-2-1-3-13(12)25-17(15)20-14/h4-7,21H,1-3,8-9H2,(H,19,20,22). The van der Waals surface area contributed by atoms with E-state index < -0.39 is 5.97 Å². The molecule has 0 atom stereocenters. The molecule has 1 aromatic carbocycles. The number of nitrogens with one attached hydrogen (secondary N) is 1. The van der Waals surface area contributed by atoms with Gasteiger partial charge in [-0.1, -0.05) is 12.1 Å². The zero-order valence-electron chi connectivity index (χ0n) is 13.4. The molecule has 0 saturated carbocycles. The Kier molecular flexibility index (Phi) is 4.10. The summed E-state index contributed by atoms with van der Waals surface area (Å²) >= 11 is 1.55. The number of aryl methyl sites for hydroxylation is 2. The molecule has 2 aromatic heterocycles. The van der Waals surface area contributed by atoms with Gasteiger partial charge in [-0.2, -0.15) is 0 Å². The number of aliphatic hydroxyl groups excluding tert-OH is 1. The van der Waals surface area contributed by atoms with E-state index in [9.17, 15) is 9.59 Å². The molecule has 0 unspecified atom stereocenters. The summed E-state index contributed by atoms with van der Waals surface area (Å²) < 4.78 is 5.24. The molecule has 2 N–H and O–H groups in total. The smallest absolute Gasteiger partial charge is 0.338 e. The third-order valence-corrected chi connectivity index (χ3v) is 5.52. The van der Waals surface area contributed by atoms with Crippen molar-refractivity contribution in [3.8, 4) is 0 Å². The van der Waals surface area contributed by atoms with Gasteiger partial charge >= 0.3 is 5.97 Å². The largest absolute Gasteiger partial charge is 0.454 e. The fourth-order valence-electron chi connectivity index (χ4n) is 3.08. The van der Waals surface area contributed by atoms with Crippen LogP contribution >= 0.6 is 11.3 Å². The molecule has 25 heavy (non-hydrogen) atoms. The van der Waals surface area contributed by atoms with Crippen molar-refractivity contribution in [2.24, 2.45) is 0 Å². The fourth-order valence-corrected chi connectivity index (χ4v) is 4.36. The first kappa shape index (κ1) is 16.0. The van der Waals surface area contributed by atoms with Gasteiger partial charge in [0.2, 0.25) is 0 Å². The summed E-state index contributed by atoms with van der Waals surface area (Å²) in [5, 5.41) is 9.70. The molecule has 0 fully saturated rings. The molecule has 4 rings (SSSR count). The quantitative estimate of drug-likeness (QED) is 0.700. The normalized spacial score (nSPS) is 13.2. The van der Waals surface area contributed by atoms with Crippen molar-refractivity contribution < 1.29 is 14.6 Å². The lowest BCUT2D eigenvalue weighted by Crippen LogP contribution is -2.14. The van der Waals surface area contributed by atoms with Crippen molar-refractivity contribution in [2.75, 3.05) is 0 Å². The van der Waals surface area contributed by atoms with Gasteiger partial charge in [-0.05, 0) is 42.5 Å². The van der Waals surface area contributed by atoms with E-state index in [2.05, 4.69) is 9.97 Å². The number of hydrogen-bond donors (Lipinski definition) is 2. The van der Waals surface area contributed by atoms with E-state index >= 15 is 0 Å². The Bertz CT molecular complexity index is 1000. The molecule has 6 nitrogen and oxygen atoms in total. The van der Waals surface area contributed by atoms with Crippen LogP contribution in [0.15, 0.2) is 29.1 Å². The van der Waals surface area contributed by atoms with Crippen molar-refractivity contribution in [1.82, 2.24) is 9.97 Å². The molecule has 0 spiro atoms. The van der Waals surface area contributed by atoms with E-state index in [1.165, 1.54) is 4.88 Å². The molecule has 0 amide bonds. The van der Waals surface area contributed by atoms with Gasteiger partial charge in [0.1, 0.15) is 17.3 Å². The number of thiophene rings is 1. The molecule has 128 valence electrons. The highest BCUT2D eigenvalue weighted by molar-refractivity contribution is 7.18. The van der Waals surface area contributed by atoms with Crippen molar-refractivity contribution >= 4 is 27.5 Å². The van der Waals surface area contributed by atoms with Gasteiger partial charge in [0.05, 0.1) is 17.6 Å². The first-order valence-corrected chi connectivity index (χ1v) is 8.87. The molecule has 0 bridgehead atoms. The lowest BCUT2D eigenvalue weighted by atomic mass is 10.1. The van der Waals surface area contributed by atoms with Crippen LogP contribution < -0.4 is 5.56 Å². The minimum absolute atomic E-state index is 0.0781. The number of aliphatic hydroxyl groups is 1. The van der Waals surface area contributed by atoms with Crippen LogP contribution in [0.2, 0.25) is 0 Å². The summed E-state index contributed by atoms with van der Waals surface area (Å²) in [5.74, 6) is -0.154. The van der Waals surface area contributed by atoms with Gasteiger partial charge in [0.15, 0.2) is 0 Å². The maximum Gasteiger partial charge on any atom is 0.338 e. The van der Waals surface area contributed by atoms with Crippen LogP contribution in [0.5, 0.6) is 0 Å². The van der Waals surface area contributed by atoms with Gasteiger partial charge < -0.3 is 14.8 Å². The van der Waals surface area contributed by atoms with E-state index in [-0.39, 0.29) is 18.8 Å². The number of H-pyrrole nitrogens is 1. The Balaban J connectivity index is 1.52. The van der Waals surface area contributed by atoms with Gasteiger partial charge in [-0.25, -0.2) is 9.78 Å². The SMILES string of the molecule is O=C(OCc1nc2sc3c(c2c(=O)[nH]1)CCC3)c1ccc(CO)cc1. The highest BCUT2D eigenvalue weighted by Gasteiger charge is 2.21. The topological polar surface area (TPSA) is 92.3 Å². The molecule has 1 aliphatic rings. The number of nitrogens with zero attached hydrogens (tertiary/aromatic N) is 1. The minimum atomic E-state index is -0.499. The predicted molar refractivity (Wildman–Crippen MR) is 93.8 cm³/mol. The Labute approximate surface area is 147 Å². The summed E-state index contributed by atoms with van der Waals surface area (Å²) in [6, 6.07) is 6.51. The van der Waals surface area contributed by atoms with Crippen molar-refractivity contribution in [3.05, 3.63) is 62.0 Å². The number of rotatable bonds is 4. The Morgan fingerprint density at radius 2 is 2.08 bits per heavy atom. The van der Waals surface area contributed by atoms with Crippen LogP contribution in [0.4, 0.5) is 0 Å². The molecule has 1 aliphatic carbocycles. The highest BCUT2D eigenvalue weighted by atomic mass is 32.1. The molecule has 0 saturated heterocycles. The van der Waals surface area contributed by atoms with E-state index in [0.29, 0.717) is 21.6 Å². The predicted octanol–water partition coefficient (Wildman–Crippen LogP) is 2.32. The third-order valence-electron chi connectivity index (χ3n) is 4.34. The summed E-state index contributed by atoms with van der Waals surface area (Å²) in [4.78, 5) is 33.6. The second-order valence-electron chi connectivity index (χ2n) is 5.98. The Morgan fingerprint density at radius 3 is 2.84 bits per heavy atom. The number of benzene rings is 1. The number of carbonyl (C=O) groups is 1. The first-order valence-electron chi connectivity index (χ1n) is 8.06. The Hall–Kier alpha value is -2.51.